The normalized spacial score (nSPS) is 23.8. The van der Waals surface area contributed by atoms with Crippen LogP contribution in [0, 0.1) is 10.1 Å². The van der Waals surface area contributed by atoms with E-state index in [0.717, 1.165) is 12.8 Å². The minimum absolute atomic E-state index is 0.0321. The Morgan fingerprint density at radius 3 is 2.50 bits per heavy atom. The fraction of sp³-hybridized carbons (Fsp3) is 0.476. The number of thiol groups is 1. The van der Waals surface area contributed by atoms with Gasteiger partial charge in [-0.3, -0.25) is 15.0 Å². The van der Waals surface area contributed by atoms with Crippen molar-refractivity contribution in [3.63, 3.8) is 0 Å². The number of carbonyl (C=O) groups excluding carboxylic acids is 2. The first-order valence-electron chi connectivity index (χ1n) is 10.6. The minimum Gasteiger partial charge on any atom is -0.415 e. The number of amides is 3. The van der Waals surface area contributed by atoms with Gasteiger partial charge in [0.1, 0.15) is 13.2 Å². The molecule has 2 atom stereocenters. The Bertz CT molecular complexity index is 975. The molecule has 0 saturated carbocycles. The summed E-state index contributed by atoms with van der Waals surface area (Å²) in [7, 11) is 0. The van der Waals surface area contributed by atoms with Gasteiger partial charge in [-0.25, -0.2) is 9.78 Å². The zero-order valence-electron chi connectivity index (χ0n) is 17.6. The second kappa shape index (κ2) is 9.29. The van der Waals surface area contributed by atoms with Gasteiger partial charge in [0.25, 0.3) is 5.69 Å². The van der Waals surface area contributed by atoms with Crippen LogP contribution in [0.15, 0.2) is 43.0 Å². The van der Waals surface area contributed by atoms with Gasteiger partial charge in [-0.05, 0) is 30.5 Å². The summed E-state index contributed by atoms with van der Waals surface area (Å²) in [5.41, 5.74) is 0.590. The Morgan fingerprint density at radius 2 is 1.94 bits per heavy atom. The number of piperidine rings is 1. The average molecular weight is 461 g/mol. The van der Waals surface area contributed by atoms with E-state index in [0.29, 0.717) is 44.2 Å². The van der Waals surface area contributed by atoms with Gasteiger partial charge < -0.3 is 9.30 Å². The summed E-state index contributed by atoms with van der Waals surface area (Å²) in [6.07, 6.45) is 7.11. The van der Waals surface area contributed by atoms with Crippen molar-refractivity contribution in [1.82, 2.24) is 14.5 Å². The first-order chi connectivity index (χ1) is 15.4. The lowest BCUT2D eigenvalue weighted by Gasteiger charge is -2.36. The molecule has 4 rings (SSSR count). The summed E-state index contributed by atoms with van der Waals surface area (Å²) < 4.78 is 7.19. The van der Waals surface area contributed by atoms with Crippen LogP contribution in [-0.2, 0) is 11.3 Å². The first kappa shape index (κ1) is 22.3. The third-order valence-electron chi connectivity index (χ3n) is 6.27. The number of hydrogen-bond donors (Lipinski definition) is 1. The summed E-state index contributed by atoms with van der Waals surface area (Å²) in [5.74, 6) is 0. The Balaban J connectivity index is 1.41. The second-order valence-electron chi connectivity index (χ2n) is 8.31. The molecule has 2 saturated heterocycles. The lowest BCUT2D eigenvalue weighted by atomic mass is 10.1. The molecule has 32 heavy (non-hydrogen) atoms. The number of ether oxygens (including phenoxy) is 1. The molecule has 1 aromatic heterocycles. The Morgan fingerprint density at radius 1 is 1.22 bits per heavy atom. The number of hydrogen-bond acceptors (Lipinski definition) is 7. The monoisotopic (exact) mass is 460 g/mol. The maximum atomic E-state index is 13.5. The standard InChI is InChI=1S/C21H25N5O5S/c27-20(23-9-5-17(6-10-23)24-11-8-22-15-24)26(12-7-19(32)13-26)21(28)31-14-16-1-3-18(4-2-16)25(29)30/h1-4,8,11,15,17,19H,5-7,9-10,12-14H2/p+1/t19-,26?/m0/s1. The van der Waals surface area contributed by atoms with E-state index in [1.54, 1.807) is 29.6 Å². The molecule has 0 spiro atoms. The third-order valence-corrected chi connectivity index (χ3v) is 6.69. The van der Waals surface area contributed by atoms with Gasteiger partial charge in [-0.15, -0.1) is 4.48 Å². The first-order valence-corrected chi connectivity index (χ1v) is 11.1. The number of nitrogens with zero attached hydrogens (tertiary/aromatic N) is 5. The van der Waals surface area contributed by atoms with E-state index in [-0.39, 0.29) is 23.6 Å². The van der Waals surface area contributed by atoms with E-state index < -0.39 is 15.5 Å². The van der Waals surface area contributed by atoms with Crippen LogP contribution in [-0.4, -0.2) is 67.4 Å². The van der Waals surface area contributed by atoms with Crippen molar-refractivity contribution in [2.45, 2.75) is 37.2 Å². The Hall–Kier alpha value is -2.92. The van der Waals surface area contributed by atoms with Crippen LogP contribution in [0.2, 0.25) is 0 Å². The third kappa shape index (κ3) is 4.49. The van der Waals surface area contributed by atoms with E-state index in [9.17, 15) is 19.7 Å². The van der Waals surface area contributed by atoms with Gasteiger partial charge in [0.05, 0.1) is 23.0 Å². The van der Waals surface area contributed by atoms with Crippen molar-refractivity contribution in [2.24, 2.45) is 0 Å². The van der Waals surface area contributed by atoms with Gasteiger partial charge in [-0.2, -0.15) is 17.4 Å². The van der Waals surface area contributed by atoms with Crippen LogP contribution in [0.1, 0.15) is 30.9 Å². The van der Waals surface area contributed by atoms with Gasteiger partial charge in [-0.1, -0.05) is 0 Å². The molecular formula is C21H26N5O5S+. The summed E-state index contributed by atoms with van der Waals surface area (Å²) >= 11 is 4.51. The topological polar surface area (TPSA) is 108 Å². The van der Waals surface area contributed by atoms with E-state index in [1.165, 1.54) is 12.1 Å². The lowest BCUT2D eigenvalue weighted by molar-refractivity contribution is -0.767. The fourth-order valence-electron chi connectivity index (χ4n) is 4.42. The molecule has 1 unspecified atom stereocenters. The molecular weight excluding hydrogens is 434 g/mol. The number of aromatic nitrogens is 2. The summed E-state index contributed by atoms with van der Waals surface area (Å²) in [6, 6.07) is 5.87. The van der Waals surface area contributed by atoms with E-state index >= 15 is 0 Å². The van der Waals surface area contributed by atoms with Gasteiger partial charge in [0.15, 0.2) is 0 Å². The zero-order chi connectivity index (χ0) is 22.7. The molecule has 2 aliphatic heterocycles. The molecule has 0 bridgehead atoms. The Labute approximate surface area is 190 Å². The fourth-order valence-corrected chi connectivity index (χ4v) is 4.82. The molecule has 11 heteroatoms. The predicted molar refractivity (Wildman–Crippen MR) is 118 cm³/mol. The second-order valence-corrected chi connectivity index (χ2v) is 9.04. The number of urea groups is 1. The van der Waals surface area contributed by atoms with Crippen LogP contribution >= 0.6 is 12.6 Å². The number of rotatable bonds is 4. The number of nitro benzene ring substituents is 1. The average Bonchev–Trinajstić information content (AvgIpc) is 3.48. The summed E-state index contributed by atoms with van der Waals surface area (Å²) in [5, 5.41) is 10.7. The van der Waals surface area contributed by atoms with Crippen molar-refractivity contribution in [1.29, 1.82) is 0 Å². The van der Waals surface area contributed by atoms with Crippen molar-refractivity contribution in [3.8, 4) is 0 Å². The highest BCUT2D eigenvalue weighted by Gasteiger charge is 2.54. The van der Waals surface area contributed by atoms with Crippen molar-refractivity contribution >= 4 is 30.4 Å². The molecule has 2 fully saturated rings. The maximum Gasteiger partial charge on any atom is 0.525 e. The number of quaternary nitrogens is 1. The molecule has 2 aliphatic rings. The van der Waals surface area contributed by atoms with Crippen LogP contribution in [0.3, 0.4) is 0 Å². The molecule has 170 valence electrons. The predicted octanol–water partition coefficient (Wildman–Crippen LogP) is 3.40. The number of carbonyl (C=O) groups is 2. The van der Waals surface area contributed by atoms with Crippen LogP contribution in [0.4, 0.5) is 15.3 Å². The Kier molecular flexibility index (Phi) is 6.47. The van der Waals surface area contributed by atoms with E-state index in [1.807, 2.05) is 6.20 Å². The molecule has 3 amide bonds. The lowest BCUT2D eigenvalue weighted by Crippen LogP contribution is -2.61. The van der Waals surface area contributed by atoms with Gasteiger partial charge in [0, 0.05) is 50.1 Å². The molecule has 10 nitrogen and oxygen atoms in total. The largest absolute Gasteiger partial charge is 0.525 e. The van der Waals surface area contributed by atoms with E-state index in [2.05, 4.69) is 22.2 Å². The van der Waals surface area contributed by atoms with Crippen LogP contribution in [0.5, 0.6) is 0 Å². The molecule has 3 heterocycles. The van der Waals surface area contributed by atoms with Gasteiger partial charge >= 0.3 is 12.1 Å². The number of non-ortho nitro benzene ring substituents is 1. The summed E-state index contributed by atoms with van der Waals surface area (Å²) in [6.45, 7) is 1.73. The molecule has 0 radical (unpaired) electrons. The quantitative estimate of drug-likeness (QED) is 0.324. The zero-order valence-corrected chi connectivity index (χ0v) is 18.5. The summed E-state index contributed by atoms with van der Waals surface area (Å²) in [4.78, 5) is 42.8. The molecule has 0 N–H and O–H groups in total. The van der Waals surface area contributed by atoms with Crippen LogP contribution < -0.4 is 0 Å². The smallest absolute Gasteiger partial charge is 0.415 e. The van der Waals surface area contributed by atoms with Crippen molar-refractivity contribution < 1.29 is 23.7 Å². The number of benzene rings is 1. The van der Waals surface area contributed by atoms with Gasteiger partial charge in [0.2, 0.25) is 0 Å². The van der Waals surface area contributed by atoms with Crippen molar-refractivity contribution in [2.75, 3.05) is 26.2 Å². The molecule has 2 aromatic rings. The molecule has 1 aromatic carbocycles. The van der Waals surface area contributed by atoms with E-state index in [4.69, 9.17) is 4.74 Å². The highest BCUT2D eigenvalue weighted by molar-refractivity contribution is 7.81. The highest BCUT2D eigenvalue weighted by Crippen LogP contribution is 2.30. The van der Waals surface area contributed by atoms with Crippen LogP contribution in [0.25, 0.3) is 0 Å². The van der Waals surface area contributed by atoms with Crippen molar-refractivity contribution in [3.05, 3.63) is 58.7 Å². The molecule has 0 aliphatic carbocycles. The maximum absolute atomic E-state index is 13.5. The SMILES string of the molecule is O=C(OCc1ccc([N+](=O)[O-])cc1)[N+]1(C(=O)N2CCC(n3ccnc3)CC2)CC[C@H](S)C1. The number of imidazole rings is 1. The highest BCUT2D eigenvalue weighted by atomic mass is 32.1. The number of nitro groups is 1. The number of imide groups is 1. The minimum atomic E-state index is -0.596. The number of likely N-dealkylation sites (tertiary alicyclic amines) is 2.